The van der Waals surface area contributed by atoms with E-state index in [1.54, 1.807) is 0 Å². The number of hydrogen-bond donors (Lipinski definition) is 0. The average molecular weight is 219 g/mol. The zero-order valence-corrected chi connectivity index (χ0v) is 11.7. The number of unbranched alkanes of at least 4 members (excludes halogenated alkanes) is 3. The summed E-state index contributed by atoms with van der Waals surface area (Å²) in [5.74, 6) is 0. The molecular weight excluding hydrogens is 203 g/mol. The predicted molar refractivity (Wildman–Crippen MR) is 43.2 cm³/mol. The summed E-state index contributed by atoms with van der Waals surface area (Å²) >= 11 is 0.792. The van der Waals surface area contributed by atoms with Gasteiger partial charge < -0.3 is 0 Å². The molecule has 0 aliphatic heterocycles. The van der Waals surface area contributed by atoms with Crippen molar-refractivity contribution in [3.8, 4) is 0 Å². The van der Waals surface area contributed by atoms with Crippen molar-refractivity contribution >= 4 is 22.5 Å². The van der Waals surface area contributed by atoms with Gasteiger partial charge in [-0.15, -0.1) is 0 Å². The van der Waals surface area contributed by atoms with E-state index in [1.807, 2.05) is 0 Å². The molecule has 0 radical (unpaired) electrons. The third-order valence-corrected chi connectivity index (χ3v) is 2.56. The van der Waals surface area contributed by atoms with Crippen LogP contribution in [0.1, 0.15) is 32.6 Å². The molecule has 0 nitrogen and oxygen atoms in total. The van der Waals surface area contributed by atoms with Crippen molar-refractivity contribution in [3.63, 3.8) is 0 Å². The second-order valence-electron chi connectivity index (χ2n) is 2.06. The monoisotopic (exact) mass is 220 g/mol. The molecule has 0 aromatic heterocycles. The van der Waals surface area contributed by atoms with Crippen LogP contribution in [0.5, 0.6) is 0 Å². The van der Waals surface area contributed by atoms with E-state index in [-0.39, 0.29) is 0 Å². The van der Waals surface area contributed by atoms with Gasteiger partial charge in [0.05, 0.1) is 0 Å². The van der Waals surface area contributed by atoms with Crippen molar-refractivity contribution < 1.29 is 0 Å². The number of rotatable bonds is 4. The first-order chi connectivity index (χ1) is 3.91. The molecule has 0 aliphatic rings. The van der Waals surface area contributed by atoms with Crippen LogP contribution in [0.25, 0.3) is 0 Å². The fourth-order valence-electron chi connectivity index (χ4n) is 0.679. The molecule has 0 bridgehead atoms. The van der Waals surface area contributed by atoms with Crippen molar-refractivity contribution in [1.82, 2.24) is 0 Å². The van der Waals surface area contributed by atoms with Crippen molar-refractivity contribution in [2.75, 3.05) is 0 Å². The van der Waals surface area contributed by atoms with Gasteiger partial charge >= 0.3 is 65.3 Å². The van der Waals surface area contributed by atoms with Gasteiger partial charge in [0.2, 0.25) is 0 Å². The van der Waals surface area contributed by atoms with Gasteiger partial charge in [0.15, 0.2) is 0 Å². The van der Waals surface area contributed by atoms with Crippen LogP contribution >= 0.6 is 0 Å². The quantitative estimate of drug-likeness (QED) is 0.495. The van der Waals surface area contributed by atoms with Crippen LogP contribution in [0.4, 0.5) is 0 Å². The van der Waals surface area contributed by atoms with Gasteiger partial charge in [0, 0.05) is 0 Å². The molecule has 0 spiro atoms. The fourth-order valence-corrected chi connectivity index (χ4v) is 1.63. The molecule has 0 saturated carbocycles. The van der Waals surface area contributed by atoms with E-state index >= 15 is 0 Å². The van der Waals surface area contributed by atoms with E-state index in [0.717, 1.165) is 22.5 Å². The van der Waals surface area contributed by atoms with Crippen LogP contribution in [-0.4, -0.2) is 22.5 Å². The summed E-state index contributed by atoms with van der Waals surface area (Å²) in [6, 6.07) is 0. The normalized spacial score (nSPS) is 11.1. The molecule has 0 aliphatic carbocycles. The second-order valence-corrected chi connectivity index (χ2v) is 3.97. The van der Waals surface area contributed by atoms with Crippen LogP contribution in [0.15, 0.2) is 10.2 Å². The summed E-state index contributed by atoms with van der Waals surface area (Å²) in [6.07, 6.45) is 7.79. The Balaban J connectivity index is 2.72. The molecule has 0 heterocycles. The molecule has 0 rings (SSSR count). The van der Waals surface area contributed by atoms with Crippen LogP contribution in [0.2, 0.25) is 0 Å². The summed E-state index contributed by atoms with van der Waals surface area (Å²) in [7, 11) is 0. The molecule has 0 N–H and O–H groups in total. The van der Waals surface area contributed by atoms with Crippen molar-refractivity contribution in [2.45, 2.75) is 32.6 Å². The van der Waals surface area contributed by atoms with Crippen molar-refractivity contribution in [3.05, 3.63) is 10.2 Å². The van der Waals surface area contributed by atoms with Crippen LogP contribution in [0, 0.1) is 0 Å². The molecule has 0 aromatic carbocycles. The van der Waals surface area contributed by atoms with Crippen LogP contribution in [-0.2, 0) is 0 Å². The van der Waals surface area contributed by atoms with E-state index in [2.05, 4.69) is 17.1 Å². The Morgan fingerprint density at radius 2 is 2.12 bits per heavy atom. The van der Waals surface area contributed by atoms with Crippen molar-refractivity contribution in [2.24, 2.45) is 0 Å². The van der Waals surface area contributed by atoms with E-state index in [0.29, 0.717) is 0 Å². The van der Waals surface area contributed by atoms with E-state index < -0.39 is 0 Å². The second kappa shape index (κ2) is 7.54. The predicted octanol–water partition coefficient (Wildman–Crippen LogP) is 1.45. The molecule has 1 heteroatoms. The molecule has 0 amide bonds. The maximum atomic E-state index is 2.33. The molecular formula is C7H16Sn. The number of allylic oxidation sites excluding steroid dienone is 1. The topological polar surface area (TPSA) is 0 Å². The van der Waals surface area contributed by atoms with Gasteiger partial charge in [-0.1, -0.05) is 0 Å². The summed E-state index contributed by atoms with van der Waals surface area (Å²) < 4.78 is 2.33. The summed E-state index contributed by atoms with van der Waals surface area (Å²) in [5.41, 5.74) is 0. The van der Waals surface area contributed by atoms with Gasteiger partial charge in [-0.05, 0) is 0 Å². The Morgan fingerprint density at radius 1 is 1.38 bits per heavy atom. The van der Waals surface area contributed by atoms with E-state index in [1.165, 1.54) is 25.7 Å². The maximum absolute atomic E-state index is 2.33. The first kappa shape index (κ1) is 8.54. The first-order valence-electron chi connectivity index (χ1n) is 3.53. The molecule has 8 heavy (non-hydrogen) atoms. The molecule has 0 atom stereocenters. The standard InChI is InChI=1S/C7H13.Sn.3H/c1-3-5-7-6-4-2;;;;/h1,3H,4-7H2,2H3;;;;. The molecule has 0 saturated heterocycles. The van der Waals surface area contributed by atoms with Crippen LogP contribution < -0.4 is 0 Å². The van der Waals surface area contributed by atoms with Gasteiger partial charge in [-0.25, -0.2) is 0 Å². The summed E-state index contributed by atoms with van der Waals surface area (Å²) in [5, 5.41) is 0. The zero-order valence-electron chi connectivity index (χ0n) is 5.98. The Morgan fingerprint density at radius 3 is 2.62 bits per heavy atom. The molecule has 0 fully saturated rings. The number of hydrogen-bond acceptors (Lipinski definition) is 0. The van der Waals surface area contributed by atoms with Gasteiger partial charge in [-0.2, -0.15) is 0 Å². The third-order valence-electron chi connectivity index (χ3n) is 1.21. The Bertz CT molecular complexity index is 57.4. The van der Waals surface area contributed by atoms with Crippen molar-refractivity contribution in [1.29, 1.82) is 0 Å². The zero-order chi connectivity index (χ0) is 6.24. The van der Waals surface area contributed by atoms with E-state index in [9.17, 15) is 0 Å². The minimum absolute atomic E-state index is 0.792. The Labute approximate surface area is 65.4 Å². The Kier molecular flexibility index (Phi) is 8.05. The molecule has 0 unspecified atom stereocenters. The summed E-state index contributed by atoms with van der Waals surface area (Å²) in [6.45, 7) is 2.24. The summed E-state index contributed by atoms with van der Waals surface area (Å²) in [4.78, 5) is 0. The van der Waals surface area contributed by atoms with E-state index in [4.69, 9.17) is 0 Å². The Hall–Kier alpha value is 0.539. The SMILES string of the molecule is CCCCCC=[CH][SnH3]. The minimum atomic E-state index is 0.792. The van der Waals surface area contributed by atoms with Gasteiger partial charge in [0.1, 0.15) is 0 Å². The fraction of sp³-hybridized carbons (Fsp3) is 0.714. The molecule has 0 aromatic rings. The van der Waals surface area contributed by atoms with Gasteiger partial charge in [0.25, 0.3) is 0 Å². The first-order valence-corrected chi connectivity index (χ1v) is 6.82. The van der Waals surface area contributed by atoms with Gasteiger partial charge in [-0.3, -0.25) is 0 Å². The average Bonchev–Trinajstić information content (AvgIpc) is 1.81. The van der Waals surface area contributed by atoms with Crippen LogP contribution in [0.3, 0.4) is 0 Å². The molecule has 48 valence electrons. The third kappa shape index (κ3) is 6.54.